The van der Waals surface area contributed by atoms with E-state index in [4.69, 9.17) is 0 Å². The summed E-state index contributed by atoms with van der Waals surface area (Å²) in [5, 5.41) is 4.93. The molecule has 0 aromatic carbocycles. The molecule has 1 atom stereocenters. The number of nitrogens with zero attached hydrogens (tertiary/aromatic N) is 1. The van der Waals surface area contributed by atoms with Gasteiger partial charge in [-0.1, -0.05) is 19.8 Å². The van der Waals surface area contributed by atoms with E-state index < -0.39 is 0 Å². The molecule has 0 amide bonds. The molecule has 90 valence electrons. The Hall–Kier alpha value is -0.410. The second kappa shape index (κ2) is 5.78. The van der Waals surface area contributed by atoms with Crippen molar-refractivity contribution in [3.8, 4) is 0 Å². The molecule has 0 spiro atoms. The van der Waals surface area contributed by atoms with E-state index in [2.05, 4.69) is 30.3 Å². The van der Waals surface area contributed by atoms with Crippen LogP contribution in [0.2, 0.25) is 0 Å². The molecule has 16 heavy (non-hydrogen) atoms. The van der Waals surface area contributed by atoms with E-state index in [0.717, 1.165) is 12.5 Å². The number of thiazole rings is 1. The first-order valence-corrected chi connectivity index (χ1v) is 7.29. The van der Waals surface area contributed by atoms with Gasteiger partial charge in [0.15, 0.2) is 0 Å². The molecule has 3 heteroatoms. The highest BCUT2D eigenvalue weighted by Gasteiger charge is 2.22. The topological polar surface area (TPSA) is 24.9 Å². The number of hydrogen-bond acceptors (Lipinski definition) is 3. The van der Waals surface area contributed by atoms with Crippen molar-refractivity contribution in [1.29, 1.82) is 0 Å². The minimum Gasteiger partial charge on any atom is -0.309 e. The third kappa shape index (κ3) is 3.05. The molecule has 1 aromatic heterocycles. The smallest absolute Gasteiger partial charge is 0.0959 e. The molecule has 2 nitrogen and oxygen atoms in total. The Morgan fingerprint density at radius 2 is 2.38 bits per heavy atom. The molecule has 0 aliphatic heterocycles. The lowest BCUT2D eigenvalue weighted by atomic mass is 9.86. The minimum atomic E-state index is 0.624. The zero-order valence-electron chi connectivity index (χ0n) is 10.3. The van der Waals surface area contributed by atoms with Crippen LogP contribution in [0.4, 0.5) is 0 Å². The van der Waals surface area contributed by atoms with E-state index >= 15 is 0 Å². The maximum absolute atomic E-state index is 4.54. The van der Waals surface area contributed by atoms with Crippen molar-refractivity contribution in [3.05, 3.63) is 16.1 Å². The van der Waals surface area contributed by atoms with Crippen molar-refractivity contribution in [3.63, 3.8) is 0 Å². The van der Waals surface area contributed by atoms with Crippen LogP contribution < -0.4 is 5.32 Å². The van der Waals surface area contributed by atoms with Gasteiger partial charge in [-0.15, -0.1) is 11.3 Å². The van der Waals surface area contributed by atoms with Gasteiger partial charge >= 0.3 is 0 Å². The Balaban J connectivity index is 1.78. The summed E-state index contributed by atoms with van der Waals surface area (Å²) in [7, 11) is 0. The Kier molecular flexibility index (Phi) is 4.36. The highest BCUT2D eigenvalue weighted by Crippen LogP contribution is 2.38. The van der Waals surface area contributed by atoms with E-state index in [-0.39, 0.29) is 0 Å². The van der Waals surface area contributed by atoms with Gasteiger partial charge in [-0.25, -0.2) is 4.98 Å². The molecule has 0 bridgehead atoms. The third-order valence-corrected chi connectivity index (χ3v) is 4.53. The van der Waals surface area contributed by atoms with Gasteiger partial charge in [0, 0.05) is 29.6 Å². The van der Waals surface area contributed by atoms with Gasteiger partial charge < -0.3 is 5.32 Å². The Labute approximate surface area is 102 Å². The van der Waals surface area contributed by atoms with Crippen molar-refractivity contribution in [2.75, 3.05) is 0 Å². The molecule has 1 saturated carbocycles. The van der Waals surface area contributed by atoms with Crippen molar-refractivity contribution in [1.82, 2.24) is 10.3 Å². The summed E-state index contributed by atoms with van der Waals surface area (Å²) >= 11 is 1.90. The number of aromatic nitrogens is 1. The van der Waals surface area contributed by atoms with Crippen LogP contribution in [0.15, 0.2) is 6.20 Å². The standard InChI is InChI=1S/C13H22N2S/c1-3-5-10(2)14-8-12-9-15-13(16-12)11-6-4-7-11/h9-11,14H,3-8H2,1-2H3. The molecular weight excluding hydrogens is 216 g/mol. The molecule has 0 radical (unpaired) electrons. The van der Waals surface area contributed by atoms with Crippen molar-refractivity contribution in [2.45, 2.75) is 64.5 Å². The fourth-order valence-corrected chi connectivity index (χ4v) is 3.10. The maximum Gasteiger partial charge on any atom is 0.0959 e. The average molecular weight is 238 g/mol. The number of hydrogen-bond donors (Lipinski definition) is 1. The molecule has 0 saturated heterocycles. The first-order chi connectivity index (χ1) is 7.79. The van der Waals surface area contributed by atoms with E-state index in [1.165, 1.54) is 42.0 Å². The van der Waals surface area contributed by atoms with Crippen LogP contribution in [0.1, 0.15) is 61.8 Å². The second-order valence-corrected chi connectivity index (χ2v) is 6.01. The van der Waals surface area contributed by atoms with E-state index in [9.17, 15) is 0 Å². The predicted octanol–water partition coefficient (Wildman–Crippen LogP) is 3.69. The van der Waals surface area contributed by atoms with Crippen LogP contribution >= 0.6 is 11.3 Å². The second-order valence-electron chi connectivity index (χ2n) is 4.86. The van der Waals surface area contributed by atoms with Gasteiger partial charge in [0.25, 0.3) is 0 Å². The molecule has 1 N–H and O–H groups in total. The van der Waals surface area contributed by atoms with Gasteiger partial charge in [-0.05, 0) is 26.2 Å². The summed E-state index contributed by atoms with van der Waals surface area (Å²) in [5.41, 5.74) is 0. The number of nitrogens with one attached hydrogen (secondary N) is 1. The zero-order chi connectivity index (χ0) is 11.4. The van der Waals surface area contributed by atoms with Crippen LogP contribution in [0.3, 0.4) is 0 Å². The first-order valence-electron chi connectivity index (χ1n) is 6.47. The van der Waals surface area contributed by atoms with Gasteiger partial charge in [0.2, 0.25) is 0 Å². The van der Waals surface area contributed by atoms with E-state index in [1.807, 2.05) is 11.3 Å². The summed E-state index contributed by atoms with van der Waals surface area (Å²) in [6.07, 6.45) is 8.67. The molecule has 1 aliphatic rings. The summed E-state index contributed by atoms with van der Waals surface area (Å²) in [6, 6.07) is 0.624. The van der Waals surface area contributed by atoms with Crippen molar-refractivity contribution in [2.24, 2.45) is 0 Å². The third-order valence-electron chi connectivity index (χ3n) is 3.37. The van der Waals surface area contributed by atoms with Gasteiger partial charge in [0.05, 0.1) is 5.01 Å². The Morgan fingerprint density at radius 3 is 3.00 bits per heavy atom. The van der Waals surface area contributed by atoms with Gasteiger partial charge in [-0.2, -0.15) is 0 Å². The predicted molar refractivity (Wildman–Crippen MR) is 69.9 cm³/mol. The van der Waals surface area contributed by atoms with Crippen molar-refractivity contribution < 1.29 is 0 Å². The monoisotopic (exact) mass is 238 g/mol. The lowest BCUT2D eigenvalue weighted by molar-refractivity contribution is 0.418. The van der Waals surface area contributed by atoms with Gasteiger partial charge in [0.1, 0.15) is 0 Å². The van der Waals surface area contributed by atoms with Crippen LogP contribution in [0.5, 0.6) is 0 Å². The van der Waals surface area contributed by atoms with Gasteiger partial charge in [-0.3, -0.25) is 0 Å². The summed E-state index contributed by atoms with van der Waals surface area (Å²) in [4.78, 5) is 5.93. The van der Waals surface area contributed by atoms with Crippen LogP contribution in [0, 0.1) is 0 Å². The molecular formula is C13H22N2S. The minimum absolute atomic E-state index is 0.624. The number of rotatable bonds is 6. The molecule has 1 heterocycles. The quantitative estimate of drug-likeness (QED) is 0.817. The molecule has 1 aliphatic carbocycles. The first kappa shape index (κ1) is 12.1. The molecule has 1 aromatic rings. The fourth-order valence-electron chi connectivity index (χ4n) is 2.06. The maximum atomic E-state index is 4.54. The largest absolute Gasteiger partial charge is 0.309 e. The lowest BCUT2D eigenvalue weighted by Crippen LogP contribution is -2.24. The average Bonchev–Trinajstić information content (AvgIpc) is 2.61. The zero-order valence-corrected chi connectivity index (χ0v) is 11.1. The van der Waals surface area contributed by atoms with E-state index in [1.54, 1.807) is 0 Å². The highest BCUT2D eigenvalue weighted by molar-refractivity contribution is 7.11. The lowest BCUT2D eigenvalue weighted by Gasteiger charge is -2.22. The summed E-state index contributed by atoms with van der Waals surface area (Å²) in [6.45, 7) is 5.49. The SMILES string of the molecule is CCCC(C)NCc1cnc(C2CCC2)s1. The van der Waals surface area contributed by atoms with Crippen LogP contribution in [0.25, 0.3) is 0 Å². The van der Waals surface area contributed by atoms with Crippen LogP contribution in [-0.2, 0) is 6.54 Å². The van der Waals surface area contributed by atoms with Crippen molar-refractivity contribution >= 4 is 11.3 Å². The highest BCUT2D eigenvalue weighted by atomic mass is 32.1. The molecule has 2 rings (SSSR count). The summed E-state index contributed by atoms with van der Waals surface area (Å²) in [5.74, 6) is 0.784. The molecule has 1 unspecified atom stereocenters. The Morgan fingerprint density at radius 1 is 1.56 bits per heavy atom. The normalized spacial score (nSPS) is 18.4. The molecule has 1 fully saturated rings. The fraction of sp³-hybridized carbons (Fsp3) is 0.769. The Bertz CT molecular complexity index is 317. The van der Waals surface area contributed by atoms with E-state index in [0.29, 0.717) is 6.04 Å². The van der Waals surface area contributed by atoms with Crippen LogP contribution in [-0.4, -0.2) is 11.0 Å². The summed E-state index contributed by atoms with van der Waals surface area (Å²) < 4.78 is 0.